The van der Waals surface area contributed by atoms with Gasteiger partial charge in [-0.15, -0.1) is 0 Å². The third kappa shape index (κ3) is 1.48. The highest BCUT2D eigenvalue weighted by Gasteiger charge is 2.11. The Balaban J connectivity index is 3.23. The number of nitrogens with one attached hydrogen (secondary N) is 1. The van der Waals surface area contributed by atoms with Crippen molar-refractivity contribution < 1.29 is 13.4 Å². The van der Waals surface area contributed by atoms with Crippen LogP contribution in [-0.4, -0.2) is 9.97 Å². The fourth-order valence-electron chi connectivity index (χ4n) is 0.493. The fourth-order valence-corrected chi connectivity index (χ4v) is 0.493. The van der Waals surface area contributed by atoms with Crippen LogP contribution in [0.25, 0.3) is 0 Å². The Labute approximate surface area is 58.2 Å². The summed E-state index contributed by atoms with van der Waals surface area (Å²) in [5, 5.41) is -1.53. The van der Waals surface area contributed by atoms with E-state index < -0.39 is 22.7 Å². The first-order chi connectivity index (χ1) is 5.11. The number of H-pyrrole nitrogens is 1. The van der Waals surface area contributed by atoms with Gasteiger partial charge in [-0.05, 0) is 5.34 Å². The number of aromatic nitrogens is 2. The molecule has 0 bridgehead atoms. The van der Waals surface area contributed by atoms with Gasteiger partial charge in [0.15, 0.2) is 5.82 Å². The van der Waals surface area contributed by atoms with Crippen molar-refractivity contribution in [1.29, 1.82) is 0 Å². The van der Waals surface area contributed by atoms with Gasteiger partial charge in [-0.25, -0.2) is 9.18 Å². The van der Waals surface area contributed by atoms with Crippen LogP contribution in [-0.2, 0) is 0 Å². The Morgan fingerprint density at radius 3 is 2.64 bits per heavy atom. The summed E-state index contributed by atoms with van der Waals surface area (Å²) in [7, 11) is 0. The second-order valence-corrected chi connectivity index (χ2v) is 1.62. The molecule has 0 aliphatic heterocycles. The van der Waals surface area contributed by atoms with Gasteiger partial charge in [0.05, 0.1) is 6.20 Å². The Morgan fingerprint density at radius 1 is 1.55 bits per heavy atom. The number of aromatic amines is 1. The van der Waals surface area contributed by atoms with E-state index in [1.807, 2.05) is 0 Å². The van der Waals surface area contributed by atoms with Crippen LogP contribution in [0.1, 0.15) is 0 Å². The minimum atomic E-state index is -1.53. The van der Waals surface area contributed by atoms with Crippen molar-refractivity contribution >= 4 is 5.82 Å². The third-order valence-electron chi connectivity index (χ3n) is 0.916. The smallest absolute Gasteiger partial charge is 0.285 e. The van der Waals surface area contributed by atoms with Crippen molar-refractivity contribution in [3.8, 4) is 0 Å². The van der Waals surface area contributed by atoms with E-state index in [1.54, 1.807) is 0 Å². The molecule has 0 unspecified atom stereocenters. The van der Waals surface area contributed by atoms with Gasteiger partial charge in [0, 0.05) is 0 Å². The fraction of sp³-hybridized carbons (Fsp3) is 0. The van der Waals surface area contributed by atoms with Crippen molar-refractivity contribution in [2.75, 3.05) is 5.34 Å². The maximum atomic E-state index is 12.3. The number of hydrogen-bond donors (Lipinski definition) is 1. The van der Waals surface area contributed by atoms with Crippen molar-refractivity contribution in [2.45, 2.75) is 0 Å². The minimum absolute atomic E-state index is 0.417. The van der Waals surface area contributed by atoms with Crippen LogP contribution in [0.2, 0.25) is 0 Å². The molecule has 1 N–H and O–H groups in total. The largest absolute Gasteiger partial charge is 0.346 e. The number of hydrogen-bond acceptors (Lipinski definition) is 3. The van der Waals surface area contributed by atoms with Gasteiger partial charge < -0.3 is 0 Å². The molecular formula is C4H2F3N3O. The maximum absolute atomic E-state index is 12.3. The monoisotopic (exact) mass is 165 g/mol. The summed E-state index contributed by atoms with van der Waals surface area (Å²) in [5.74, 6) is -2.47. The van der Waals surface area contributed by atoms with Crippen LogP contribution < -0.4 is 11.0 Å². The molecule has 1 heterocycles. The molecule has 0 aliphatic rings. The zero-order chi connectivity index (χ0) is 8.43. The molecule has 0 saturated heterocycles. The molecule has 0 spiro atoms. The molecular weight excluding hydrogens is 163 g/mol. The Morgan fingerprint density at radius 2 is 2.18 bits per heavy atom. The number of nitrogens with zero attached hydrogens (tertiary/aromatic N) is 2. The third-order valence-corrected chi connectivity index (χ3v) is 0.916. The lowest BCUT2D eigenvalue weighted by molar-refractivity contribution is 0.226. The van der Waals surface area contributed by atoms with Gasteiger partial charge in [-0.1, -0.05) is 8.96 Å². The topological polar surface area (TPSA) is 49.0 Å². The molecule has 1 rings (SSSR count). The van der Waals surface area contributed by atoms with Gasteiger partial charge in [-0.2, -0.15) is 4.98 Å². The van der Waals surface area contributed by atoms with Gasteiger partial charge in [0.2, 0.25) is 5.82 Å². The Hall–Kier alpha value is -1.53. The van der Waals surface area contributed by atoms with Gasteiger partial charge >= 0.3 is 5.69 Å². The van der Waals surface area contributed by atoms with Gasteiger partial charge in [0.25, 0.3) is 0 Å². The number of rotatable bonds is 1. The maximum Gasteiger partial charge on any atom is 0.346 e. The standard InChI is InChI=1S/C4H2F3N3O/c5-2-1-8-4(11)9-3(2)10(6)7/h1H,(H,8,9,11). The first kappa shape index (κ1) is 7.58. The second kappa shape index (κ2) is 2.60. The summed E-state index contributed by atoms with van der Waals surface area (Å²) in [6, 6.07) is 0. The first-order valence-corrected chi connectivity index (χ1v) is 2.48. The van der Waals surface area contributed by atoms with E-state index in [9.17, 15) is 18.1 Å². The molecule has 4 nitrogen and oxygen atoms in total. The molecule has 0 aliphatic carbocycles. The average Bonchev–Trinajstić information content (AvgIpc) is 1.94. The molecule has 11 heavy (non-hydrogen) atoms. The van der Waals surface area contributed by atoms with Crippen molar-refractivity contribution in [3.63, 3.8) is 0 Å². The van der Waals surface area contributed by atoms with E-state index >= 15 is 0 Å². The zero-order valence-electron chi connectivity index (χ0n) is 5.01. The molecule has 1 aromatic heterocycles. The van der Waals surface area contributed by atoms with E-state index in [0.717, 1.165) is 0 Å². The van der Waals surface area contributed by atoms with Crippen LogP contribution in [0, 0.1) is 5.82 Å². The van der Waals surface area contributed by atoms with E-state index in [0.29, 0.717) is 6.20 Å². The second-order valence-electron chi connectivity index (χ2n) is 1.62. The van der Waals surface area contributed by atoms with Crippen LogP contribution in [0.5, 0.6) is 0 Å². The van der Waals surface area contributed by atoms with E-state index in [2.05, 4.69) is 4.98 Å². The molecule has 0 aromatic carbocycles. The summed E-state index contributed by atoms with van der Waals surface area (Å²) in [4.78, 5) is 14.6. The van der Waals surface area contributed by atoms with E-state index in [4.69, 9.17) is 0 Å². The summed E-state index contributed by atoms with van der Waals surface area (Å²) in [5.41, 5.74) is -1.03. The lowest BCUT2D eigenvalue weighted by Gasteiger charge is -1.99. The van der Waals surface area contributed by atoms with Gasteiger partial charge in [0.1, 0.15) is 0 Å². The SMILES string of the molecule is O=c1ncc(F)c(N(F)F)[nH]1. The predicted octanol–water partition coefficient (Wildman–Crippen LogP) is 0.484. The quantitative estimate of drug-likeness (QED) is 0.616. The highest BCUT2D eigenvalue weighted by molar-refractivity contribution is 5.30. The zero-order valence-corrected chi connectivity index (χ0v) is 5.01. The first-order valence-electron chi connectivity index (χ1n) is 2.48. The molecule has 0 radical (unpaired) electrons. The summed E-state index contributed by atoms with van der Waals surface area (Å²) >= 11 is 0. The molecule has 7 heteroatoms. The van der Waals surface area contributed by atoms with Crippen LogP contribution in [0.4, 0.5) is 19.2 Å². The van der Waals surface area contributed by atoms with Crippen LogP contribution in [0.3, 0.4) is 0 Å². The normalized spacial score (nSPS) is 9.73. The molecule has 0 amide bonds. The van der Waals surface area contributed by atoms with Crippen molar-refractivity contribution in [1.82, 2.24) is 9.97 Å². The molecule has 60 valence electrons. The Bertz CT molecular complexity index is 310. The average molecular weight is 165 g/mol. The molecule has 0 fully saturated rings. The van der Waals surface area contributed by atoms with Crippen molar-refractivity contribution in [3.05, 3.63) is 22.5 Å². The molecule has 0 atom stereocenters. The highest BCUT2D eigenvalue weighted by Crippen LogP contribution is 2.12. The predicted molar refractivity (Wildman–Crippen MR) is 29.5 cm³/mol. The lowest BCUT2D eigenvalue weighted by atomic mass is 10.6. The minimum Gasteiger partial charge on any atom is -0.285 e. The Kier molecular flexibility index (Phi) is 1.79. The molecule has 0 saturated carbocycles. The van der Waals surface area contributed by atoms with Crippen LogP contribution in [0.15, 0.2) is 11.0 Å². The highest BCUT2D eigenvalue weighted by atomic mass is 19.4. The van der Waals surface area contributed by atoms with E-state index in [-0.39, 0.29) is 0 Å². The molecule has 1 aromatic rings. The van der Waals surface area contributed by atoms with Gasteiger partial charge in [-0.3, -0.25) is 4.98 Å². The van der Waals surface area contributed by atoms with Crippen molar-refractivity contribution in [2.24, 2.45) is 0 Å². The lowest BCUT2D eigenvalue weighted by Crippen LogP contribution is -2.15. The number of halogens is 3. The summed E-state index contributed by atoms with van der Waals surface area (Å²) < 4.78 is 35.5. The van der Waals surface area contributed by atoms with Crippen LogP contribution >= 0.6 is 0 Å². The number of anilines is 1. The summed E-state index contributed by atoms with van der Waals surface area (Å²) in [6.45, 7) is 0. The van der Waals surface area contributed by atoms with E-state index in [1.165, 1.54) is 4.98 Å². The summed E-state index contributed by atoms with van der Waals surface area (Å²) in [6.07, 6.45) is 0.417.